The van der Waals surface area contributed by atoms with E-state index in [0.29, 0.717) is 5.56 Å². The number of benzene rings is 2. The van der Waals surface area contributed by atoms with Gasteiger partial charge in [0.1, 0.15) is 12.4 Å². The second-order valence-corrected chi connectivity index (χ2v) is 8.02. The molecule has 8 nitrogen and oxygen atoms in total. The van der Waals surface area contributed by atoms with E-state index in [4.69, 9.17) is 9.26 Å². The second-order valence-electron chi connectivity index (χ2n) is 6.25. The highest BCUT2D eigenvalue weighted by atomic mass is 32.2. The molecule has 0 saturated carbocycles. The first-order chi connectivity index (χ1) is 13.7. The van der Waals surface area contributed by atoms with Crippen molar-refractivity contribution in [3.63, 3.8) is 0 Å². The van der Waals surface area contributed by atoms with E-state index >= 15 is 0 Å². The first kappa shape index (κ1) is 20.6. The van der Waals surface area contributed by atoms with Crippen molar-refractivity contribution >= 4 is 16.0 Å². The van der Waals surface area contributed by atoms with E-state index in [2.05, 4.69) is 14.9 Å². The highest BCUT2D eigenvalue weighted by Gasteiger charge is 2.17. The molecule has 0 amide bonds. The first-order valence-electron chi connectivity index (χ1n) is 8.56. The molecule has 0 spiro atoms. The quantitative estimate of drug-likeness (QED) is 0.586. The Kier molecular flexibility index (Phi) is 6.04. The second kappa shape index (κ2) is 8.50. The molecule has 0 bridgehead atoms. The Morgan fingerprint density at radius 1 is 1.14 bits per heavy atom. The maximum absolute atomic E-state index is 12.9. The van der Waals surface area contributed by atoms with Crippen LogP contribution in [0.3, 0.4) is 0 Å². The number of ether oxygens (including phenoxy) is 1. The third-order valence-corrected chi connectivity index (χ3v) is 5.52. The number of nitrogens with zero attached hydrogens (tertiary/aromatic N) is 2. The fourth-order valence-corrected chi connectivity index (χ4v) is 3.39. The number of carbonyl (C=O) groups excluding carboxylic acids is 1. The van der Waals surface area contributed by atoms with Crippen molar-refractivity contribution in [2.24, 2.45) is 0 Å². The molecular weight excluding hydrogens is 401 g/mol. The highest BCUT2D eigenvalue weighted by molar-refractivity contribution is 7.89. The molecule has 10 heteroatoms. The molecule has 0 radical (unpaired) electrons. The van der Waals surface area contributed by atoms with Crippen molar-refractivity contribution < 1.29 is 26.9 Å². The minimum Gasteiger partial charge on any atom is -0.455 e. The highest BCUT2D eigenvalue weighted by Crippen LogP contribution is 2.17. The van der Waals surface area contributed by atoms with E-state index in [1.165, 1.54) is 36.4 Å². The smallest absolute Gasteiger partial charge is 0.321 e. The number of esters is 1. The number of halogens is 1. The first-order valence-corrected chi connectivity index (χ1v) is 10.0. The maximum atomic E-state index is 12.9. The summed E-state index contributed by atoms with van der Waals surface area (Å²) in [5, 5.41) is 3.72. The van der Waals surface area contributed by atoms with Crippen LogP contribution in [0.5, 0.6) is 0 Å². The molecular formula is C19H18FN3O5S. The summed E-state index contributed by atoms with van der Waals surface area (Å²) in [6.45, 7) is 2.80. The van der Waals surface area contributed by atoms with E-state index < -0.39 is 28.4 Å². The van der Waals surface area contributed by atoms with Gasteiger partial charge in [0.15, 0.2) is 6.61 Å². The Hall–Kier alpha value is -3.11. The zero-order valence-electron chi connectivity index (χ0n) is 15.7. The van der Waals surface area contributed by atoms with E-state index in [0.717, 1.165) is 11.1 Å². The minimum absolute atomic E-state index is 0.0229. The number of aromatic nitrogens is 2. The number of rotatable bonds is 7. The number of hydrogen-bond donors (Lipinski definition) is 1. The van der Waals surface area contributed by atoms with Crippen LogP contribution in [-0.2, 0) is 26.2 Å². The monoisotopic (exact) mass is 419 g/mol. The summed E-state index contributed by atoms with van der Waals surface area (Å²) in [6.07, 6.45) is 0. The summed E-state index contributed by atoms with van der Waals surface area (Å²) >= 11 is 0. The lowest BCUT2D eigenvalue weighted by Gasteiger charge is -2.08. The van der Waals surface area contributed by atoms with Gasteiger partial charge in [-0.05, 0) is 61.4 Å². The SMILES string of the molecule is Cc1ccc(S(=O)(=O)NCC(=O)OCc2nc(-c3ccc(F)cc3)no2)cc1C. The van der Waals surface area contributed by atoms with Crippen molar-refractivity contribution in [3.05, 3.63) is 65.3 Å². The Bertz CT molecular complexity index is 1130. The molecule has 0 atom stereocenters. The lowest BCUT2D eigenvalue weighted by Crippen LogP contribution is -2.30. The fourth-order valence-electron chi connectivity index (χ4n) is 2.34. The number of nitrogens with one attached hydrogen (secondary N) is 1. The van der Waals surface area contributed by atoms with Crippen LogP contribution in [0.25, 0.3) is 11.4 Å². The fraction of sp³-hybridized carbons (Fsp3) is 0.211. The summed E-state index contributed by atoms with van der Waals surface area (Å²) in [5.74, 6) is -0.963. The topological polar surface area (TPSA) is 111 Å². The van der Waals surface area contributed by atoms with Crippen molar-refractivity contribution in [3.8, 4) is 11.4 Å². The van der Waals surface area contributed by atoms with E-state index in [1.807, 2.05) is 6.92 Å². The van der Waals surface area contributed by atoms with Crippen LogP contribution in [0.4, 0.5) is 4.39 Å². The maximum Gasteiger partial charge on any atom is 0.321 e. The van der Waals surface area contributed by atoms with E-state index in [1.54, 1.807) is 13.0 Å². The average Bonchev–Trinajstić information content (AvgIpc) is 3.16. The summed E-state index contributed by atoms with van der Waals surface area (Å²) in [7, 11) is -3.85. The molecule has 0 saturated heterocycles. The molecule has 1 heterocycles. The lowest BCUT2D eigenvalue weighted by molar-refractivity contribution is -0.144. The van der Waals surface area contributed by atoms with Crippen molar-refractivity contribution in [1.82, 2.24) is 14.9 Å². The Labute approximate surface area is 166 Å². The van der Waals surface area contributed by atoms with Crippen LogP contribution in [-0.4, -0.2) is 31.1 Å². The predicted molar refractivity (Wildman–Crippen MR) is 101 cm³/mol. The normalized spacial score (nSPS) is 11.4. The lowest BCUT2D eigenvalue weighted by atomic mass is 10.1. The van der Waals surface area contributed by atoms with Gasteiger partial charge in [-0.2, -0.15) is 9.71 Å². The predicted octanol–water partition coefficient (Wildman–Crippen LogP) is 2.51. The molecule has 2 aromatic carbocycles. The third-order valence-electron chi connectivity index (χ3n) is 4.12. The standard InChI is InChI=1S/C19H18FN3O5S/c1-12-3-8-16(9-13(12)2)29(25,26)21-10-18(24)27-11-17-22-19(23-28-17)14-4-6-15(20)7-5-14/h3-9,21H,10-11H2,1-2H3. The van der Waals surface area contributed by atoms with Crippen LogP contribution in [0.15, 0.2) is 51.9 Å². The number of hydrogen-bond acceptors (Lipinski definition) is 7. The average molecular weight is 419 g/mol. The van der Waals surface area contributed by atoms with Gasteiger partial charge < -0.3 is 9.26 Å². The molecule has 0 aliphatic carbocycles. The zero-order valence-corrected chi connectivity index (χ0v) is 16.5. The van der Waals surface area contributed by atoms with Crippen LogP contribution < -0.4 is 4.72 Å². The van der Waals surface area contributed by atoms with Crippen molar-refractivity contribution in [2.45, 2.75) is 25.3 Å². The Morgan fingerprint density at radius 3 is 2.55 bits per heavy atom. The van der Waals surface area contributed by atoms with Gasteiger partial charge in [0.25, 0.3) is 5.89 Å². The largest absolute Gasteiger partial charge is 0.455 e. The summed E-state index contributed by atoms with van der Waals surface area (Å²) in [6, 6.07) is 10.2. The minimum atomic E-state index is -3.85. The summed E-state index contributed by atoms with van der Waals surface area (Å²) in [5.41, 5.74) is 2.32. The Morgan fingerprint density at radius 2 is 1.86 bits per heavy atom. The molecule has 1 aromatic heterocycles. The van der Waals surface area contributed by atoms with Gasteiger partial charge in [-0.3, -0.25) is 4.79 Å². The number of aryl methyl sites for hydroxylation is 2. The van der Waals surface area contributed by atoms with Crippen LogP contribution >= 0.6 is 0 Å². The van der Waals surface area contributed by atoms with E-state index in [9.17, 15) is 17.6 Å². The molecule has 3 rings (SSSR count). The molecule has 3 aromatic rings. The number of carbonyl (C=O) groups is 1. The van der Waals surface area contributed by atoms with Crippen LogP contribution in [0, 0.1) is 19.7 Å². The van der Waals surface area contributed by atoms with Gasteiger partial charge in [0.05, 0.1) is 4.90 Å². The van der Waals surface area contributed by atoms with Crippen LogP contribution in [0.1, 0.15) is 17.0 Å². The van der Waals surface area contributed by atoms with Gasteiger partial charge >= 0.3 is 5.97 Å². The molecule has 0 aliphatic heterocycles. The summed E-state index contributed by atoms with van der Waals surface area (Å²) < 4.78 is 49.6. The molecule has 1 N–H and O–H groups in total. The zero-order chi connectivity index (χ0) is 21.0. The van der Waals surface area contributed by atoms with Gasteiger partial charge in [-0.25, -0.2) is 12.8 Å². The van der Waals surface area contributed by atoms with Gasteiger partial charge in [-0.15, -0.1) is 0 Å². The van der Waals surface area contributed by atoms with Crippen LogP contribution in [0.2, 0.25) is 0 Å². The van der Waals surface area contributed by atoms with Gasteiger partial charge in [0, 0.05) is 5.56 Å². The molecule has 29 heavy (non-hydrogen) atoms. The molecule has 152 valence electrons. The summed E-state index contributed by atoms with van der Waals surface area (Å²) in [4.78, 5) is 16.0. The Balaban J connectivity index is 1.53. The van der Waals surface area contributed by atoms with Crippen molar-refractivity contribution in [2.75, 3.05) is 6.54 Å². The number of sulfonamides is 1. The van der Waals surface area contributed by atoms with Crippen molar-refractivity contribution in [1.29, 1.82) is 0 Å². The molecule has 0 fully saturated rings. The molecule has 0 unspecified atom stereocenters. The third kappa shape index (κ3) is 5.24. The molecule has 0 aliphatic rings. The van der Waals surface area contributed by atoms with E-state index in [-0.39, 0.29) is 23.2 Å². The van der Waals surface area contributed by atoms with Gasteiger partial charge in [0.2, 0.25) is 15.8 Å². The van der Waals surface area contributed by atoms with Gasteiger partial charge in [-0.1, -0.05) is 11.2 Å².